The molecule has 1 saturated heterocycles. The Morgan fingerprint density at radius 3 is 2.68 bits per heavy atom. The maximum absolute atomic E-state index is 12.0. The van der Waals surface area contributed by atoms with Gasteiger partial charge in [0, 0.05) is 19.6 Å². The van der Waals surface area contributed by atoms with E-state index in [4.69, 9.17) is 9.47 Å². The number of nitrogens with zero attached hydrogens (tertiary/aromatic N) is 1. The average molecular weight is 306 g/mol. The molecule has 1 aromatic rings. The van der Waals surface area contributed by atoms with Crippen molar-refractivity contribution in [2.75, 3.05) is 39.4 Å². The third-order valence-corrected chi connectivity index (χ3v) is 3.76. The number of aryl methyl sites for hydroxylation is 1. The molecule has 1 heterocycles. The lowest BCUT2D eigenvalue weighted by Gasteiger charge is -2.26. The number of carbonyl (C=O) groups is 1. The molecule has 1 aliphatic heterocycles. The van der Waals surface area contributed by atoms with Crippen molar-refractivity contribution in [3.05, 3.63) is 29.8 Å². The van der Waals surface area contributed by atoms with E-state index in [2.05, 4.69) is 10.2 Å². The molecule has 0 spiro atoms. The first-order valence-electron chi connectivity index (χ1n) is 7.96. The number of hydrogen-bond donors (Lipinski definition) is 1. The number of ether oxygens (including phenoxy) is 2. The molecule has 22 heavy (non-hydrogen) atoms. The molecule has 1 amide bonds. The number of benzene rings is 1. The molecule has 2 rings (SSSR count). The number of carbonyl (C=O) groups excluding carboxylic acids is 1. The summed E-state index contributed by atoms with van der Waals surface area (Å²) in [4.78, 5) is 14.4. The van der Waals surface area contributed by atoms with Gasteiger partial charge in [0.25, 0.3) is 5.91 Å². The normalized spacial score (nSPS) is 17.0. The summed E-state index contributed by atoms with van der Waals surface area (Å²) in [6, 6.07) is 7.72. The first kappa shape index (κ1) is 16.8. The minimum absolute atomic E-state index is 0.0671. The summed E-state index contributed by atoms with van der Waals surface area (Å²) in [5, 5.41) is 2.93. The second-order valence-electron chi connectivity index (χ2n) is 5.67. The van der Waals surface area contributed by atoms with Crippen LogP contribution < -0.4 is 10.1 Å². The second kappa shape index (κ2) is 8.76. The van der Waals surface area contributed by atoms with Crippen molar-refractivity contribution in [3.63, 3.8) is 0 Å². The molecular formula is C17H26N2O3. The van der Waals surface area contributed by atoms with Crippen LogP contribution in [0.15, 0.2) is 24.3 Å². The Kier molecular flexibility index (Phi) is 6.68. The Labute approximate surface area is 132 Å². The molecule has 1 fully saturated rings. The van der Waals surface area contributed by atoms with Crippen LogP contribution in [0.2, 0.25) is 0 Å². The summed E-state index contributed by atoms with van der Waals surface area (Å²) in [5.41, 5.74) is 1.17. The molecule has 122 valence electrons. The lowest BCUT2D eigenvalue weighted by molar-refractivity contribution is -0.127. The average Bonchev–Trinajstić information content (AvgIpc) is 2.54. The minimum Gasteiger partial charge on any atom is -0.481 e. The summed E-state index contributed by atoms with van der Waals surface area (Å²) in [6.45, 7) is 9.07. The maximum atomic E-state index is 12.0. The van der Waals surface area contributed by atoms with Crippen LogP contribution in [-0.4, -0.2) is 56.3 Å². The van der Waals surface area contributed by atoms with E-state index in [1.54, 1.807) is 6.92 Å². The van der Waals surface area contributed by atoms with Crippen LogP contribution >= 0.6 is 0 Å². The van der Waals surface area contributed by atoms with Gasteiger partial charge >= 0.3 is 0 Å². The Hall–Kier alpha value is -1.59. The number of amides is 1. The zero-order chi connectivity index (χ0) is 15.8. The zero-order valence-electron chi connectivity index (χ0n) is 13.5. The standard InChI is InChI=1S/C17H26N2O3/c1-14-4-6-16(7-5-14)22-15(2)17(20)18-8-3-9-19-10-12-21-13-11-19/h4-7,15H,3,8-13H2,1-2H3,(H,18,20). The van der Waals surface area contributed by atoms with Crippen LogP contribution in [0.4, 0.5) is 0 Å². The van der Waals surface area contributed by atoms with E-state index in [0.717, 1.165) is 45.0 Å². The first-order valence-corrected chi connectivity index (χ1v) is 7.96. The molecule has 1 aliphatic rings. The van der Waals surface area contributed by atoms with Gasteiger partial charge in [-0.15, -0.1) is 0 Å². The highest BCUT2D eigenvalue weighted by Gasteiger charge is 2.14. The van der Waals surface area contributed by atoms with E-state index in [1.807, 2.05) is 31.2 Å². The van der Waals surface area contributed by atoms with Gasteiger partial charge < -0.3 is 14.8 Å². The third-order valence-electron chi connectivity index (χ3n) is 3.76. The van der Waals surface area contributed by atoms with E-state index in [-0.39, 0.29) is 5.91 Å². The second-order valence-corrected chi connectivity index (χ2v) is 5.67. The number of nitrogens with one attached hydrogen (secondary N) is 1. The van der Waals surface area contributed by atoms with E-state index >= 15 is 0 Å². The molecule has 0 bridgehead atoms. The van der Waals surface area contributed by atoms with Crippen molar-refractivity contribution in [1.82, 2.24) is 10.2 Å². The highest BCUT2D eigenvalue weighted by molar-refractivity contribution is 5.80. The first-order chi connectivity index (χ1) is 10.6. The van der Waals surface area contributed by atoms with Gasteiger partial charge in [-0.1, -0.05) is 17.7 Å². The molecule has 1 unspecified atom stereocenters. The fourth-order valence-electron chi connectivity index (χ4n) is 2.36. The summed E-state index contributed by atoms with van der Waals surface area (Å²) in [7, 11) is 0. The monoisotopic (exact) mass is 306 g/mol. The number of hydrogen-bond acceptors (Lipinski definition) is 4. The van der Waals surface area contributed by atoms with Crippen molar-refractivity contribution in [2.45, 2.75) is 26.4 Å². The topological polar surface area (TPSA) is 50.8 Å². The highest BCUT2D eigenvalue weighted by Crippen LogP contribution is 2.13. The lowest BCUT2D eigenvalue weighted by Crippen LogP contribution is -2.40. The molecule has 0 saturated carbocycles. The van der Waals surface area contributed by atoms with Gasteiger partial charge in [0.15, 0.2) is 6.10 Å². The van der Waals surface area contributed by atoms with E-state index in [0.29, 0.717) is 6.54 Å². The number of rotatable bonds is 7. The van der Waals surface area contributed by atoms with E-state index in [9.17, 15) is 4.79 Å². The fraction of sp³-hybridized carbons (Fsp3) is 0.588. The Morgan fingerprint density at radius 2 is 2.00 bits per heavy atom. The Balaban J connectivity index is 1.62. The van der Waals surface area contributed by atoms with Crippen LogP contribution in [-0.2, 0) is 9.53 Å². The maximum Gasteiger partial charge on any atom is 0.260 e. The summed E-state index contributed by atoms with van der Waals surface area (Å²) >= 11 is 0. The van der Waals surface area contributed by atoms with Gasteiger partial charge in [0.2, 0.25) is 0 Å². The molecule has 1 N–H and O–H groups in total. The van der Waals surface area contributed by atoms with Crippen LogP contribution in [0.5, 0.6) is 5.75 Å². The SMILES string of the molecule is Cc1ccc(OC(C)C(=O)NCCCN2CCOCC2)cc1. The van der Waals surface area contributed by atoms with Crippen LogP contribution in [0, 0.1) is 6.92 Å². The van der Waals surface area contributed by atoms with Crippen molar-refractivity contribution >= 4 is 5.91 Å². The fourth-order valence-corrected chi connectivity index (χ4v) is 2.36. The molecule has 1 aromatic carbocycles. The zero-order valence-corrected chi connectivity index (χ0v) is 13.5. The van der Waals surface area contributed by atoms with Crippen LogP contribution in [0.3, 0.4) is 0 Å². The van der Waals surface area contributed by atoms with Gasteiger partial charge in [-0.05, 0) is 38.9 Å². The summed E-state index contributed by atoms with van der Waals surface area (Å²) in [5.74, 6) is 0.657. The molecule has 5 heteroatoms. The van der Waals surface area contributed by atoms with Crippen LogP contribution in [0.1, 0.15) is 18.9 Å². The molecular weight excluding hydrogens is 280 g/mol. The summed E-state index contributed by atoms with van der Waals surface area (Å²) < 4.78 is 11.0. The predicted octanol–water partition coefficient (Wildman–Crippen LogP) is 1.60. The number of morpholine rings is 1. The van der Waals surface area contributed by atoms with Crippen molar-refractivity contribution in [1.29, 1.82) is 0 Å². The molecule has 0 radical (unpaired) electrons. The Morgan fingerprint density at radius 1 is 1.32 bits per heavy atom. The van der Waals surface area contributed by atoms with Gasteiger partial charge in [0.05, 0.1) is 13.2 Å². The molecule has 0 aliphatic carbocycles. The minimum atomic E-state index is -0.480. The predicted molar refractivity (Wildman–Crippen MR) is 86.2 cm³/mol. The molecule has 0 aromatic heterocycles. The van der Waals surface area contributed by atoms with E-state index < -0.39 is 6.10 Å². The molecule has 1 atom stereocenters. The highest BCUT2D eigenvalue weighted by atomic mass is 16.5. The van der Waals surface area contributed by atoms with Crippen molar-refractivity contribution in [2.24, 2.45) is 0 Å². The van der Waals surface area contributed by atoms with E-state index in [1.165, 1.54) is 5.56 Å². The molecule has 5 nitrogen and oxygen atoms in total. The Bertz CT molecular complexity index is 455. The van der Waals surface area contributed by atoms with Crippen LogP contribution in [0.25, 0.3) is 0 Å². The summed E-state index contributed by atoms with van der Waals surface area (Å²) in [6.07, 6.45) is 0.467. The van der Waals surface area contributed by atoms with Gasteiger partial charge in [-0.25, -0.2) is 0 Å². The largest absolute Gasteiger partial charge is 0.481 e. The quantitative estimate of drug-likeness (QED) is 0.778. The van der Waals surface area contributed by atoms with Crippen molar-refractivity contribution in [3.8, 4) is 5.75 Å². The van der Waals surface area contributed by atoms with Gasteiger partial charge in [-0.3, -0.25) is 9.69 Å². The van der Waals surface area contributed by atoms with Crippen molar-refractivity contribution < 1.29 is 14.3 Å². The third kappa shape index (κ3) is 5.66. The smallest absolute Gasteiger partial charge is 0.260 e. The lowest BCUT2D eigenvalue weighted by atomic mass is 10.2. The van der Waals surface area contributed by atoms with Gasteiger partial charge in [-0.2, -0.15) is 0 Å². The van der Waals surface area contributed by atoms with Gasteiger partial charge in [0.1, 0.15) is 5.75 Å².